The summed E-state index contributed by atoms with van der Waals surface area (Å²) < 4.78 is 30.9. The van der Waals surface area contributed by atoms with E-state index in [1.165, 1.54) is 11.1 Å². The smallest absolute Gasteiger partial charge is 0.262 e. The largest absolute Gasteiger partial charge is 0.297 e. The standard InChI is InChI=1S/C20H24O3S/c1-15-7-11-17(12-8-15)19-5-3-4-6-20(19)23-24(21,22)18-13-9-16(2)10-14-18/h7-14,19-20H,3-6H2,1-2H3/t19-,20-/m0/s1. The number of aryl methyl sites for hydroxylation is 2. The van der Waals surface area contributed by atoms with Crippen molar-refractivity contribution in [2.75, 3.05) is 0 Å². The second-order valence-corrected chi connectivity index (χ2v) is 8.28. The van der Waals surface area contributed by atoms with E-state index in [2.05, 4.69) is 31.2 Å². The summed E-state index contributed by atoms with van der Waals surface area (Å²) in [7, 11) is -3.73. The molecule has 128 valence electrons. The molecule has 1 aliphatic rings. The summed E-state index contributed by atoms with van der Waals surface area (Å²) in [6, 6.07) is 15.2. The van der Waals surface area contributed by atoms with Crippen molar-refractivity contribution in [3.63, 3.8) is 0 Å². The van der Waals surface area contributed by atoms with E-state index in [0.29, 0.717) is 0 Å². The van der Waals surface area contributed by atoms with E-state index in [-0.39, 0.29) is 16.9 Å². The third-order valence-electron chi connectivity index (χ3n) is 4.77. The Labute approximate surface area is 144 Å². The lowest BCUT2D eigenvalue weighted by atomic mass is 9.81. The van der Waals surface area contributed by atoms with Gasteiger partial charge in [-0.25, -0.2) is 0 Å². The first-order chi connectivity index (χ1) is 11.5. The predicted octanol–water partition coefficient (Wildman–Crippen LogP) is 4.74. The molecule has 1 aliphatic carbocycles. The molecule has 0 amide bonds. The summed E-state index contributed by atoms with van der Waals surface area (Å²) in [5, 5.41) is 0. The van der Waals surface area contributed by atoms with Crippen LogP contribution in [0.3, 0.4) is 0 Å². The van der Waals surface area contributed by atoms with Crippen LogP contribution in [0.15, 0.2) is 53.4 Å². The Balaban J connectivity index is 1.83. The van der Waals surface area contributed by atoms with Crippen molar-refractivity contribution in [3.8, 4) is 0 Å². The highest BCUT2D eigenvalue weighted by Crippen LogP contribution is 2.36. The fourth-order valence-corrected chi connectivity index (χ4v) is 4.47. The predicted molar refractivity (Wildman–Crippen MR) is 95.6 cm³/mol. The van der Waals surface area contributed by atoms with Gasteiger partial charge in [-0.05, 0) is 44.4 Å². The molecule has 0 spiro atoms. The zero-order valence-electron chi connectivity index (χ0n) is 14.2. The monoisotopic (exact) mass is 344 g/mol. The molecule has 0 unspecified atom stereocenters. The molecule has 3 nitrogen and oxygen atoms in total. The van der Waals surface area contributed by atoms with Crippen molar-refractivity contribution >= 4 is 10.1 Å². The molecule has 2 aromatic rings. The van der Waals surface area contributed by atoms with E-state index in [9.17, 15) is 8.42 Å². The summed E-state index contributed by atoms with van der Waals surface area (Å²) in [6.07, 6.45) is 3.59. The minimum absolute atomic E-state index is 0.138. The second-order valence-electron chi connectivity index (χ2n) is 6.70. The van der Waals surface area contributed by atoms with Gasteiger partial charge in [-0.15, -0.1) is 0 Å². The zero-order valence-corrected chi connectivity index (χ0v) is 15.1. The van der Waals surface area contributed by atoms with Gasteiger partial charge in [-0.3, -0.25) is 4.18 Å². The molecule has 4 heteroatoms. The van der Waals surface area contributed by atoms with Crippen molar-refractivity contribution in [1.29, 1.82) is 0 Å². The quantitative estimate of drug-likeness (QED) is 0.753. The van der Waals surface area contributed by atoms with Gasteiger partial charge in [0.1, 0.15) is 0 Å². The maximum Gasteiger partial charge on any atom is 0.297 e. The van der Waals surface area contributed by atoms with Crippen LogP contribution in [0.2, 0.25) is 0 Å². The SMILES string of the molecule is Cc1ccc([C@@H]2CCCC[C@@H]2OS(=O)(=O)c2ccc(C)cc2)cc1. The van der Waals surface area contributed by atoms with Crippen molar-refractivity contribution < 1.29 is 12.6 Å². The fourth-order valence-electron chi connectivity index (χ4n) is 3.33. The highest BCUT2D eigenvalue weighted by molar-refractivity contribution is 7.86. The summed E-state index contributed by atoms with van der Waals surface area (Å²) in [5.74, 6) is 0.138. The maximum atomic E-state index is 12.6. The average Bonchev–Trinajstić information content (AvgIpc) is 2.56. The minimum Gasteiger partial charge on any atom is -0.262 e. The van der Waals surface area contributed by atoms with E-state index in [1.54, 1.807) is 24.3 Å². The van der Waals surface area contributed by atoms with Crippen LogP contribution in [-0.2, 0) is 14.3 Å². The first-order valence-corrected chi connectivity index (χ1v) is 9.93. The third-order valence-corrected chi connectivity index (χ3v) is 6.12. The van der Waals surface area contributed by atoms with Gasteiger partial charge >= 0.3 is 0 Å². The Kier molecular flexibility index (Phi) is 5.07. The molecule has 1 saturated carbocycles. The molecule has 0 saturated heterocycles. The first kappa shape index (κ1) is 17.2. The van der Waals surface area contributed by atoms with Gasteiger partial charge in [-0.1, -0.05) is 60.4 Å². The van der Waals surface area contributed by atoms with Crippen molar-refractivity contribution in [2.24, 2.45) is 0 Å². The highest BCUT2D eigenvalue weighted by Gasteiger charge is 2.32. The van der Waals surface area contributed by atoms with E-state index >= 15 is 0 Å². The second kappa shape index (κ2) is 7.08. The molecule has 0 aliphatic heterocycles. The van der Waals surface area contributed by atoms with Crippen molar-refractivity contribution in [2.45, 2.75) is 56.4 Å². The van der Waals surface area contributed by atoms with Gasteiger partial charge < -0.3 is 0 Å². The Bertz CT molecular complexity index is 777. The van der Waals surface area contributed by atoms with Gasteiger partial charge in [-0.2, -0.15) is 8.42 Å². The van der Waals surface area contributed by atoms with E-state index in [1.807, 2.05) is 6.92 Å². The van der Waals surface area contributed by atoms with Crippen molar-refractivity contribution in [3.05, 3.63) is 65.2 Å². The van der Waals surface area contributed by atoms with E-state index < -0.39 is 10.1 Å². The number of benzene rings is 2. The Morgan fingerprint density at radius 2 is 1.38 bits per heavy atom. The number of rotatable bonds is 4. The van der Waals surface area contributed by atoms with Gasteiger partial charge in [0.25, 0.3) is 10.1 Å². The first-order valence-electron chi connectivity index (χ1n) is 8.52. The Morgan fingerprint density at radius 3 is 2.00 bits per heavy atom. The van der Waals surface area contributed by atoms with Crippen LogP contribution in [0.4, 0.5) is 0 Å². The molecular weight excluding hydrogens is 320 g/mol. The van der Waals surface area contributed by atoms with Crippen molar-refractivity contribution in [1.82, 2.24) is 0 Å². The molecule has 0 N–H and O–H groups in total. The molecule has 2 atom stereocenters. The molecule has 1 fully saturated rings. The zero-order chi connectivity index (χ0) is 17.2. The molecule has 0 heterocycles. The molecule has 0 radical (unpaired) electrons. The summed E-state index contributed by atoms with van der Waals surface area (Å²) >= 11 is 0. The summed E-state index contributed by atoms with van der Waals surface area (Å²) in [4.78, 5) is 0.237. The summed E-state index contributed by atoms with van der Waals surface area (Å²) in [6.45, 7) is 3.99. The van der Waals surface area contributed by atoms with Gasteiger partial charge in [0.15, 0.2) is 0 Å². The van der Waals surface area contributed by atoms with Gasteiger partial charge in [0.2, 0.25) is 0 Å². The molecule has 0 bridgehead atoms. The lowest BCUT2D eigenvalue weighted by Crippen LogP contribution is -2.28. The lowest BCUT2D eigenvalue weighted by Gasteiger charge is -2.31. The molecule has 2 aromatic carbocycles. The minimum atomic E-state index is -3.73. The molecule has 24 heavy (non-hydrogen) atoms. The number of hydrogen-bond donors (Lipinski definition) is 0. The third kappa shape index (κ3) is 3.87. The fraction of sp³-hybridized carbons (Fsp3) is 0.400. The van der Waals surface area contributed by atoms with Crippen LogP contribution < -0.4 is 0 Å². The Hall–Kier alpha value is -1.65. The molecular formula is C20H24O3S. The van der Waals surface area contributed by atoms with E-state index in [4.69, 9.17) is 4.18 Å². The van der Waals surface area contributed by atoms with E-state index in [0.717, 1.165) is 31.2 Å². The van der Waals surface area contributed by atoms with Crippen LogP contribution in [0.1, 0.15) is 48.3 Å². The normalized spacial score (nSPS) is 21.6. The van der Waals surface area contributed by atoms with Crippen LogP contribution in [0.25, 0.3) is 0 Å². The van der Waals surface area contributed by atoms with Crippen LogP contribution in [0.5, 0.6) is 0 Å². The van der Waals surface area contributed by atoms with Gasteiger partial charge in [0.05, 0.1) is 11.0 Å². The molecule has 0 aromatic heterocycles. The lowest BCUT2D eigenvalue weighted by molar-refractivity contribution is 0.137. The molecule has 3 rings (SSSR count). The number of hydrogen-bond acceptors (Lipinski definition) is 3. The van der Waals surface area contributed by atoms with Crippen LogP contribution in [0, 0.1) is 13.8 Å². The van der Waals surface area contributed by atoms with Crippen LogP contribution in [-0.4, -0.2) is 14.5 Å². The van der Waals surface area contributed by atoms with Gasteiger partial charge in [0, 0.05) is 5.92 Å². The summed E-state index contributed by atoms with van der Waals surface area (Å²) in [5.41, 5.74) is 3.41. The Morgan fingerprint density at radius 1 is 0.833 bits per heavy atom. The topological polar surface area (TPSA) is 43.4 Å². The average molecular weight is 344 g/mol. The maximum absolute atomic E-state index is 12.6. The highest BCUT2D eigenvalue weighted by atomic mass is 32.2. The van der Waals surface area contributed by atoms with Crippen LogP contribution >= 0.6 is 0 Å².